The number of allylic oxidation sites excluding steroid dienone is 2. The van der Waals surface area contributed by atoms with Crippen molar-refractivity contribution in [1.82, 2.24) is 0 Å². The van der Waals surface area contributed by atoms with Crippen LogP contribution in [0, 0.1) is 22.2 Å². The fourth-order valence-corrected chi connectivity index (χ4v) is 4.42. The van der Waals surface area contributed by atoms with Crippen LogP contribution >= 0.6 is 0 Å². The van der Waals surface area contributed by atoms with E-state index in [0.717, 1.165) is 6.42 Å². The molecular formula is C15H24O. The predicted molar refractivity (Wildman–Crippen MR) is 67.2 cm³/mol. The van der Waals surface area contributed by atoms with Crippen LogP contribution in [-0.2, 0) is 4.79 Å². The van der Waals surface area contributed by atoms with Gasteiger partial charge in [-0.3, -0.25) is 4.79 Å². The highest BCUT2D eigenvalue weighted by Gasteiger charge is 2.64. The lowest BCUT2D eigenvalue weighted by Crippen LogP contribution is -2.62. The molecule has 1 nitrogen and oxygen atoms in total. The van der Waals surface area contributed by atoms with E-state index in [9.17, 15) is 4.79 Å². The molecule has 0 aromatic carbocycles. The van der Waals surface area contributed by atoms with E-state index in [0.29, 0.717) is 11.7 Å². The zero-order chi connectivity index (χ0) is 12.5. The molecule has 90 valence electrons. The first-order valence-corrected chi connectivity index (χ1v) is 6.33. The fourth-order valence-electron chi connectivity index (χ4n) is 4.42. The Hall–Kier alpha value is -0.590. The molecule has 0 spiro atoms. The van der Waals surface area contributed by atoms with Gasteiger partial charge in [-0.2, -0.15) is 0 Å². The van der Waals surface area contributed by atoms with Crippen molar-refractivity contribution in [3.05, 3.63) is 11.1 Å². The molecule has 0 saturated heterocycles. The van der Waals surface area contributed by atoms with Gasteiger partial charge in [0.2, 0.25) is 0 Å². The molecule has 1 fully saturated rings. The van der Waals surface area contributed by atoms with E-state index in [-0.39, 0.29) is 16.2 Å². The average Bonchev–Trinajstić information content (AvgIpc) is 2.20. The van der Waals surface area contributed by atoms with Gasteiger partial charge in [-0.25, -0.2) is 0 Å². The number of ketones is 1. The Labute approximate surface area is 99.3 Å². The van der Waals surface area contributed by atoms with Crippen LogP contribution in [0.5, 0.6) is 0 Å². The summed E-state index contributed by atoms with van der Waals surface area (Å²) in [6.07, 6.45) is 1.02. The monoisotopic (exact) mass is 220 g/mol. The molecule has 3 unspecified atom stereocenters. The number of hydrogen-bond donors (Lipinski definition) is 0. The van der Waals surface area contributed by atoms with Crippen LogP contribution in [0.2, 0.25) is 0 Å². The minimum Gasteiger partial charge on any atom is -0.298 e. The molecule has 0 aliphatic heterocycles. The smallest absolute Gasteiger partial charge is 0.149 e. The van der Waals surface area contributed by atoms with Crippen molar-refractivity contribution in [2.45, 2.75) is 54.9 Å². The van der Waals surface area contributed by atoms with E-state index >= 15 is 0 Å². The van der Waals surface area contributed by atoms with Crippen LogP contribution in [0.1, 0.15) is 54.9 Å². The maximum absolute atomic E-state index is 12.7. The summed E-state index contributed by atoms with van der Waals surface area (Å²) in [7, 11) is 0. The van der Waals surface area contributed by atoms with Crippen LogP contribution in [0.4, 0.5) is 0 Å². The Balaban J connectivity index is 2.80. The minimum atomic E-state index is -0.219. The van der Waals surface area contributed by atoms with Crippen LogP contribution in [-0.4, -0.2) is 5.78 Å². The first-order chi connectivity index (χ1) is 7.10. The summed E-state index contributed by atoms with van der Waals surface area (Å²) in [5, 5.41) is 0. The van der Waals surface area contributed by atoms with Crippen LogP contribution in [0.25, 0.3) is 0 Å². The summed E-state index contributed by atoms with van der Waals surface area (Å²) in [5.41, 5.74) is 2.41. The number of carbonyl (C=O) groups excluding carboxylic acids is 1. The molecule has 0 radical (unpaired) electrons. The number of rotatable bonds is 0. The van der Waals surface area contributed by atoms with Gasteiger partial charge in [0.05, 0.1) is 0 Å². The van der Waals surface area contributed by atoms with E-state index in [1.165, 1.54) is 11.1 Å². The van der Waals surface area contributed by atoms with Gasteiger partial charge in [0.25, 0.3) is 0 Å². The molecular weight excluding hydrogens is 196 g/mol. The average molecular weight is 220 g/mol. The summed E-state index contributed by atoms with van der Waals surface area (Å²) in [6, 6.07) is 0. The highest BCUT2D eigenvalue weighted by atomic mass is 16.1. The third-order valence-corrected chi connectivity index (χ3v) is 6.24. The highest BCUT2D eigenvalue weighted by Crippen LogP contribution is 2.67. The molecule has 1 saturated carbocycles. The summed E-state index contributed by atoms with van der Waals surface area (Å²) in [5.74, 6) is 1.04. The van der Waals surface area contributed by atoms with Gasteiger partial charge in [0.15, 0.2) is 0 Å². The van der Waals surface area contributed by atoms with E-state index < -0.39 is 0 Å². The van der Waals surface area contributed by atoms with Crippen molar-refractivity contribution in [3.8, 4) is 0 Å². The minimum absolute atomic E-state index is 0.0475. The van der Waals surface area contributed by atoms with E-state index in [1.807, 2.05) is 0 Å². The summed E-state index contributed by atoms with van der Waals surface area (Å²) < 4.78 is 0. The number of fused-ring (bicyclic) bond motifs is 2. The maximum atomic E-state index is 12.7. The summed E-state index contributed by atoms with van der Waals surface area (Å²) >= 11 is 0. The van der Waals surface area contributed by atoms with Crippen molar-refractivity contribution in [3.63, 3.8) is 0 Å². The molecule has 0 heterocycles. The third-order valence-electron chi connectivity index (χ3n) is 6.24. The quantitative estimate of drug-likeness (QED) is 0.564. The molecule has 0 aromatic heterocycles. The van der Waals surface area contributed by atoms with E-state index in [2.05, 4.69) is 48.5 Å². The van der Waals surface area contributed by atoms with Gasteiger partial charge in [-0.05, 0) is 33.1 Å². The first-order valence-electron chi connectivity index (χ1n) is 6.33. The van der Waals surface area contributed by atoms with Crippen molar-refractivity contribution in [1.29, 1.82) is 0 Å². The van der Waals surface area contributed by atoms with Crippen LogP contribution < -0.4 is 0 Å². The molecule has 16 heavy (non-hydrogen) atoms. The molecule has 3 aliphatic carbocycles. The maximum Gasteiger partial charge on any atom is 0.149 e. The SMILES string of the molecule is CC1=C(C)C2(C)C(C)CC1(C)C(=O)C2(C)C. The Morgan fingerprint density at radius 2 is 1.56 bits per heavy atom. The Kier molecular flexibility index (Phi) is 2.08. The molecule has 3 rings (SSSR count). The molecule has 0 amide bonds. The van der Waals surface area contributed by atoms with Gasteiger partial charge in [-0.1, -0.05) is 38.8 Å². The van der Waals surface area contributed by atoms with Crippen molar-refractivity contribution < 1.29 is 4.79 Å². The summed E-state index contributed by atoms with van der Waals surface area (Å²) in [6.45, 7) is 15.4. The van der Waals surface area contributed by atoms with Crippen LogP contribution in [0.15, 0.2) is 11.1 Å². The van der Waals surface area contributed by atoms with Crippen molar-refractivity contribution in [2.75, 3.05) is 0 Å². The lowest BCUT2D eigenvalue weighted by molar-refractivity contribution is -0.155. The molecule has 2 bridgehead atoms. The topological polar surface area (TPSA) is 17.1 Å². The molecule has 0 aromatic rings. The van der Waals surface area contributed by atoms with Crippen LogP contribution in [0.3, 0.4) is 0 Å². The standard InChI is InChI=1S/C15H24O/c1-9-8-14(6)10(2)11(3)15(9,7)13(4,5)12(14)16/h9H,8H2,1-7H3. The van der Waals surface area contributed by atoms with E-state index in [1.54, 1.807) is 0 Å². The number of hydrogen-bond acceptors (Lipinski definition) is 1. The van der Waals surface area contributed by atoms with E-state index in [4.69, 9.17) is 0 Å². The highest BCUT2D eigenvalue weighted by molar-refractivity contribution is 5.96. The Morgan fingerprint density at radius 3 is 2.06 bits per heavy atom. The van der Waals surface area contributed by atoms with Crippen molar-refractivity contribution in [2.24, 2.45) is 22.2 Å². The number of Topliss-reactive ketones (excluding diaryl/α,β-unsaturated/α-hetero) is 1. The summed E-state index contributed by atoms with van der Waals surface area (Å²) in [4.78, 5) is 12.7. The normalized spacial score (nSPS) is 46.4. The van der Waals surface area contributed by atoms with Gasteiger partial charge in [-0.15, -0.1) is 0 Å². The van der Waals surface area contributed by atoms with Gasteiger partial charge < -0.3 is 0 Å². The zero-order valence-corrected chi connectivity index (χ0v) is 11.7. The Bertz CT molecular complexity index is 402. The third kappa shape index (κ3) is 0.919. The van der Waals surface area contributed by atoms with Gasteiger partial charge in [0.1, 0.15) is 5.78 Å². The number of carbonyl (C=O) groups is 1. The first kappa shape index (κ1) is 11.9. The molecule has 3 atom stereocenters. The second-order valence-electron chi connectivity index (χ2n) is 6.84. The van der Waals surface area contributed by atoms with Crippen molar-refractivity contribution >= 4 is 5.78 Å². The predicted octanol–water partition coefficient (Wildman–Crippen LogP) is 3.98. The largest absolute Gasteiger partial charge is 0.298 e. The molecule has 1 heteroatoms. The lowest BCUT2D eigenvalue weighted by atomic mass is 9.40. The van der Waals surface area contributed by atoms with Gasteiger partial charge in [0, 0.05) is 16.2 Å². The van der Waals surface area contributed by atoms with Gasteiger partial charge >= 0.3 is 0 Å². The zero-order valence-electron chi connectivity index (χ0n) is 11.7. The molecule has 0 N–H and O–H groups in total. The fraction of sp³-hybridized carbons (Fsp3) is 0.800. The second-order valence-corrected chi connectivity index (χ2v) is 6.84. The Morgan fingerprint density at radius 1 is 1.06 bits per heavy atom. The second kappa shape index (κ2) is 2.80. The molecule has 3 aliphatic rings. The lowest BCUT2D eigenvalue weighted by Gasteiger charge is -2.62.